The van der Waals surface area contributed by atoms with Crippen molar-refractivity contribution >= 4 is 22.6 Å². The largest absolute Gasteiger partial charge is 0.338 e. The van der Waals surface area contributed by atoms with Crippen LogP contribution >= 0.6 is 11.6 Å². The number of fused-ring (bicyclic) bond motifs is 1. The van der Waals surface area contributed by atoms with Gasteiger partial charge in [0.05, 0.1) is 11.0 Å². The number of H-pyrrole nitrogens is 1. The molecule has 2 aromatic heterocycles. The van der Waals surface area contributed by atoms with Crippen molar-refractivity contribution < 1.29 is 0 Å². The first-order valence-corrected chi connectivity index (χ1v) is 7.35. The van der Waals surface area contributed by atoms with E-state index in [1.54, 1.807) is 6.20 Å². The Morgan fingerprint density at radius 2 is 1.64 bits per heavy atom. The molecular weight excluding hydrogens is 294 g/mol. The summed E-state index contributed by atoms with van der Waals surface area (Å²) in [5.41, 5.74) is 4.97. The van der Waals surface area contributed by atoms with E-state index in [9.17, 15) is 0 Å². The molecule has 3 nitrogen and oxygen atoms in total. The lowest BCUT2D eigenvalue weighted by Gasteiger charge is -2.07. The second kappa shape index (κ2) is 5.28. The fraction of sp³-hybridized carbons (Fsp3) is 0. The third-order valence-electron chi connectivity index (χ3n) is 3.60. The highest BCUT2D eigenvalue weighted by Crippen LogP contribution is 2.32. The van der Waals surface area contributed by atoms with Gasteiger partial charge in [-0.2, -0.15) is 0 Å². The van der Waals surface area contributed by atoms with E-state index in [2.05, 4.69) is 27.1 Å². The van der Waals surface area contributed by atoms with Gasteiger partial charge in [-0.1, -0.05) is 54.1 Å². The Kier molecular flexibility index (Phi) is 3.13. The van der Waals surface area contributed by atoms with Gasteiger partial charge >= 0.3 is 0 Å². The average Bonchev–Trinajstić information content (AvgIpc) is 2.99. The summed E-state index contributed by atoms with van der Waals surface area (Å²) in [5.74, 6) is 0.796. The smallest absolute Gasteiger partial charge is 0.139 e. The van der Waals surface area contributed by atoms with Crippen LogP contribution in [0.15, 0.2) is 66.9 Å². The Balaban J connectivity index is 1.95. The Morgan fingerprint density at radius 1 is 0.864 bits per heavy atom. The standard InChI is InChI=1S/C18H12ClN3/c19-17-10-13(14(11-20-17)12-6-2-1-3-7-12)18-21-15-8-4-5-9-16(15)22-18/h1-11H,(H,21,22). The maximum atomic E-state index is 6.10. The third kappa shape index (κ3) is 2.26. The predicted octanol–water partition coefficient (Wildman–Crippen LogP) is 4.95. The van der Waals surface area contributed by atoms with Crippen LogP contribution in [-0.4, -0.2) is 15.0 Å². The van der Waals surface area contributed by atoms with Crippen LogP contribution in [0.4, 0.5) is 0 Å². The fourth-order valence-electron chi connectivity index (χ4n) is 2.55. The van der Waals surface area contributed by atoms with E-state index in [4.69, 9.17) is 11.6 Å². The van der Waals surface area contributed by atoms with Gasteiger partial charge in [0.15, 0.2) is 0 Å². The summed E-state index contributed by atoms with van der Waals surface area (Å²) in [4.78, 5) is 12.2. The molecule has 1 N–H and O–H groups in total. The maximum absolute atomic E-state index is 6.10. The molecule has 4 heteroatoms. The van der Waals surface area contributed by atoms with E-state index < -0.39 is 0 Å². The minimum Gasteiger partial charge on any atom is -0.338 e. The summed E-state index contributed by atoms with van der Waals surface area (Å²) < 4.78 is 0. The van der Waals surface area contributed by atoms with Crippen LogP contribution in [0.1, 0.15) is 0 Å². The van der Waals surface area contributed by atoms with Crippen LogP contribution in [0.3, 0.4) is 0 Å². The summed E-state index contributed by atoms with van der Waals surface area (Å²) in [6.07, 6.45) is 1.79. The Labute approximate surface area is 132 Å². The van der Waals surface area contributed by atoms with Crippen molar-refractivity contribution in [1.82, 2.24) is 15.0 Å². The quantitative estimate of drug-likeness (QED) is 0.533. The van der Waals surface area contributed by atoms with Gasteiger partial charge in [0.1, 0.15) is 11.0 Å². The number of benzene rings is 2. The molecule has 0 saturated carbocycles. The first kappa shape index (κ1) is 13.0. The molecule has 0 fully saturated rings. The Morgan fingerprint density at radius 3 is 2.45 bits per heavy atom. The number of halogens is 1. The topological polar surface area (TPSA) is 41.6 Å². The minimum atomic E-state index is 0.454. The lowest BCUT2D eigenvalue weighted by molar-refractivity contribution is 1.28. The lowest BCUT2D eigenvalue weighted by atomic mass is 10.0. The number of hydrogen-bond donors (Lipinski definition) is 1. The molecule has 4 aromatic rings. The Bertz CT molecular complexity index is 912. The van der Waals surface area contributed by atoms with Crippen LogP contribution in [0.25, 0.3) is 33.5 Å². The van der Waals surface area contributed by atoms with Gasteiger partial charge in [0, 0.05) is 17.3 Å². The zero-order chi connectivity index (χ0) is 14.9. The number of nitrogens with one attached hydrogen (secondary N) is 1. The number of pyridine rings is 1. The highest BCUT2D eigenvalue weighted by molar-refractivity contribution is 6.29. The highest BCUT2D eigenvalue weighted by atomic mass is 35.5. The van der Waals surface area contributed by atoms with E-state index in [1.165, 1.54) is 0 Å². The van der Waals surface area contributed by atoms with Gasteiger partial charge in [-0.05, 0) is 23.8 Å². The van der Waals surface area contributed by atoms with E-state index in [-0.39, 0.29) is 0 Å². The summed E-state index contributed by atoms with van der Waals surface area (Å²) >= 11 is 6.10. The molecule has 0 aliphatic carbocycles. The molecule has 0 saturated heterocycles. The van der Waals surface area contributed by atoms with Gasteiger partial charge in [0.2, 0.25) is 0 Å². The van der Waals surface area contributed by atoms with Crippen LogP contribution in [-0.2, 0) is 0 Å². The molecule has 2 heterocycles. The second-order valence-corrected chi connectivity index (χ2v) is 5.41. The van der Waals surface area contributed by atoms with E-state index in [0.29, 0.717) is 5.15 Å². The molecule has 2 aromatic carbocycles. The number of rotatable bonds is 2. The SMILES string of the molecule is Clc1cc(-c2nc3ccccc3[nH]2)c(-c2ccccc2)cn1. The molecule has 22 heavy (non-hydrogen) atoms. The summed E-state index contributed by atoms with van der Waals surface area (Å²) in [7, 11) is 0. The van der Waals surface area contributed by atoms with Crippen molar-refractivity contribution in [3.63, 3.8) is 0 Å². The van der Waals surface area contributed by atoms with Crippen LogP contribution < -0.4 is 0 Å². The first-order chi connectivity index (χ1) is 10.8. The molecule has 0 bridgehead atoms. The predicted molar refractivity (Wildman–Crippen MR) is 89.8 cm³/mol. The average molecular weight is 306 g/mol. The molecule has 0 atom stereocenters. The zero-order valence-corrected chi connectivity index (χ0v) is 12.4. The van der Waals surface area contributed by atoms with Crippen molar-refractivity contribution in [2.45, 2.75) is 0 Å². The van der Waals surface area contributed by atoms with Gasteiger partial charge in [0.25, 0.3) is 0 Å². The van der Waals surface area contributed by atoms with Gasteiger partial charge in [-0.25, -0.2) is 9.97 Å². The number of imidazole rings is 1. The van der Waals surface area contributed by atoms with Crippen molar-refractivity contribution in [1.29, 1.82) is 0 Å². The molecule has 106 valence electrons. The first-order valence-electron chi connectivity index (χ1n) is 6.97. The van der Waals surface area contributed by atoms with Crippen molar-refractivity contribution in [2.75, 3.05) is 0 Å². The zero-order valence-electron chi connectivity index (χ0n) is 11.6. The molecule has 0 aliphatic rings. The molecule has 0 spiro atoms. The molecule has 0 unspecified atom stereocenters. The number of aromatic amines is 1. The van der Waals surface area contributed by atoms with E-state index in [0.717, 1.165) is 33.5 Å². The molecule has 0 aliphatic heterocycles. The fourth-order valence-corrected chi connectivity index (χ4v) is 2.71. The highest BCUT2D eigenvalue weighted by Gasteiger charge is 2.12. The summed E-state index contributed by atoms with van der Waals surface area (Å²) in [6, 6.07) is 19.9. The van der Waals surface area contributed by atoms with Gasteiger partial charge in [-0.3, -0.25) is 0 Å². The Hall–Kier alpha value is -2.65. The van der Waals surface area contributed by atoms with Crippen LogP contribution in [0.2, 0.25) is 5.15 Å². The number of para-hydroxylation sites is 2. The molecule has 0 radical (unpaired) electrons. The molecule has 0 amide bonds. The van der Waals surface area contributed by atoms with Gasteiger partial charge < -0.3 is 4.98 Å². The maximum Gasteiger partial charge on any atom is 0.139 e. The minimum absolute atomic E-state index is 0.454. The van der Waals surface area contributed by atoms with Crippen LogP contribution in [0, 0.1) is 0 Å². The number of aromatic nitrogens is 3. The summed E-state index contributed by atoms with van der Waals surface area (Å²) in [6.45, 7) is 0. The van der Waals surface area contributed by atoms with Gasteiger partial charge in [-0.15, -0.1) is 0 Å². The van der Waals surface area contributed by atoms with Crippen molar-refractivity contribution in [3.05, 3.63) is 72.0 Å². The van der Waals surface area contributed by atoms with Crippen molar-refractivity contribution in [3.8, 4) is 22.5 Å². The number of nitrogens with zero attached hydrogens (tertiary/aromatic N) is 2. The summed E-state index contributed by atoms with van der Waals surface area (Å²) in [5, 5.41) is 0.454. The number of hydrogen-bond acceptors (Lipinski definition) is 2. The monoisotopic (exact) mass is 305 g/mol. The molecular formula is C18H12ClN3. The normalized spacial score (nSPS) is 11.0. The van der Waals surface area contributed by atoms with Crippen LogP contribution in [0.5, 0.6) is 0 Å². The third-order valence-corrected chi connectivity index (χ3v) is 3.81. The second-order valence-electron chi connectivity index (χ2n) is 5.02. The van der Waals surface area contributed by atoms with Crippen molar-refractivity contribution in [2.24, 2.45) is 0 Å². The van der Waals surface area contributed by atoms with E-state index in [1.807, 2.05) is 48.5 Å². The molecule has 4 rings (SSSR count). The van der Waals surface area contributed by atoms with E-state index >= 15 is 0 Å². The lowest BCUT2D eigenvalue weighted by Crippen LogP contribution is -1.89.